The summed E-state index contributed by atoms with van der Waals surface area (Å²) in [7, 11) is -3.17. The van der Waals surface area contributed by atoms with E-state index < -0.39 is 9.84 Å². The highest BCUT2D eigenvalue weighted by molar-refractivity contribution is 14.0. The summed E-state index contributed by atoms with van der Waals surface area (Å²) in [6.45, 7) is 2.11. The summed E-state index contributed by atoms with van der Waals surface area (Å²) in [6.07, 6.45) is 4.97. The zero-order valence-corrected chi connectivity index (χ0v) is 14.7. The van der Waals surface area contributed by atoms with Crippen LogP contribution in [-0.4, -0.2) is 19.7 Å². The van der Waals surface area contributed by atoms with Gasteiger partial charge in [0.1, 0.15) is 0 Å². The molecule has 0 aliphatic carbocycles. The van der Waals surface area contributed by atoms with Gasteiger partial charge in [-0.15, -0.1) is 24.0 Å². The molecule has 3 nitrogen and oxygen atoms in total. The number of sulfone groups is 1. The molecule has 0 radical (unpaired) electrons. The van der Waals surface area contributed by atoms with E-state index >= 15 is 0 Å². The molecule has 1 aromatic carbocycles. The van der Waals surface area contributed by atoms with Crippen LogP contribution < -0.4 is 0 Å². The Labute approximate surface area is 137 Å². The number of hydrogen-bond donors (Lipinski definition) is 0. The van der Waals surface area contributed by atoms with E-state index in [1.165, 1.54) is 6.26 Å². The first-order valence-corrected chi connectivity index (χ1v) is 8.15. The van der Waals surface area contributed by atoms with Gasteiger partial charge >= 0.3 is 0 Å². The average molecular weight is 403 g/mol. The first-order chi connectivity index (χ1) is 9.00. The second kappa shape index (κ2) is 7.17. The van der Waals surface area contributed by atoms with E-state index in [4.69, 9.17) is 0 Å². The molecule has 5 heteroatoms. The third kappa shape index (κ3) is 4.28. The molecule has 0 aliphatic heterocycles. The lowest BCUT2D eigenvalue weighted by molar-refractivity contribution is 0.602. The molecule has 0 atom stereocenters. The predicted octanol–water partition coefficient (Wildman–Crippen LogP) is 3.72. The lowest BCUT2D eigenvalue weighted by atomic mass is 10.1. The maximum atomic E-state index is 11.6. The van der Waals surface area contributed by atoms with Gasteiger partial charge in [0.25, 0.3) is 0 Å². The van der Waals surface area contributed by atoms with Crippen LogP contribution in [0.5, 0.6) is 0 Å². The van der Waals surface area contributed by atoms with E-state index in [0.717, 1.165) is 29.7 Å². The van der Waals surface area contributed by atoms with Crippen LogP contribution in [-0.2, 0) is 16.3 Å². The third-order valence-electron chi connectivity index (χ3n) is 2.92. The fourth-order valence-corrected chi connectivity index (χ4v) is 2.62. The van der Waals surface area contributed by atoms with Gasteiger partial charge in [-0.05, 0) is 41.8 Å². The lowest BCUT2D eigenvalue weighted by Crippen LogP contribution is -1.97. The summed E-state index contributed by atoms with van der Waals surface area (Å²) in [4.78, 5) is 4.65. The summed E-state index contributed by atoms with van der Waals surface area (Å²) in [5.74, 6) is 0. The number of halogens is 1. The highest BCUT2D eigenvalue weighted by Gasteiger charge is 2.08. The summed E-state index contributed by atoms with van der Waals surface area (Å²) in [5, 5.41) is 0. The first kappa shape index (κ1) is 17.1. The smallest absolute Gasteiger partial charge is 0.175 e. The van der Waals surface area contributed by atoms with Crippen molar-refractivity contribution >= 4 is 33.8 Å². The van der Waals surface area contributed by atoms with E-state index in [-0.39, 0.29) is 24.0 Å². The molecule has 0 aliphatic rings. The Morgan fingerprint density at radius 2 is 1.80 bits per heavy atom. The molecule has 0 N–H and O–H groups in total. The van der Waals surface area contributed by atoms with Crippen molar-refractivity contribution in [3.8, 4) is 11.1 Å². The number of aryl methyl sites for hydroxylation is 1. The number of aromatic nitrogens is 1. The number of pyridine rings is 1. The van der Waals surface area contributed by atoms with E-state index in [1.807, 2.05) is 18.2 Å². The average Bonchev–Trinajstić information content (AvgIpc) is 2.39. The van der Waals surface area contributed by atoms with Crippen molar-refractivity contribution in [1.29, 1.82) is 0 Å². The molecule has 0 spiro atoms. The molecule has 1 aromatic heterocycles. The van der Waals surface area contributed by atoms with Crippen LogP contribution in [0.3, 0.4) is 0 Å². The first-order valence-electron chi connectivity index (χ1n) is 6.26. The van der Waals surface area contributed by atoms with E-state index in [1.54, 1.807) is 24.4 Å². The predicted molar refractivity (Wildman–Crippen MR) is 92.2 cm³/mol. The Kier molecular flexibility index (Phi) is 6.13. The highest BCUT2D eigenvalue weighted by Crippen LogP contribution is 2.23. The molecule has 0 fully saturated rings. The maximum Gasteiger partial charge on any atom is 0.175 e. The van der Waals surface area contributed by atoms with Crippen LogP contribution in [0.1, 0.15) is 19.0 Å². The Bertz CT molecular complexity index is 684. The van der Waals surface area contributed by atoms with Crippen molar-refractivity contribution in [2.45, 2.75) is 24.7 Å². The van der Waals surface area contributed by atoms with Gasteiger partial charge in [0.05, 0.1) is 4.90 Å². The van der Waals surface area contributed by atoms with Crippen LogP contribution in [0.25, 0.3) is 11.1 Å². The molecule has 0 amide bonds. The number of hydrogen-bond acceptors (Lipinski definition) is 3. The Balaban J connectivity index is 0.00000200. The van der Waals surface area contributed by atoms with Crippen LogP contribution in [0.15, 0.2) is 47.5 Å². The van der Waals surface area contributed by atoms with E-state index in [2.05, 4.69) is 11.9 Å². The quantitative estimate of drug-likeness (QED) is 0.732. The SMILES string of the molecule is CCCc1cc(-c2cccc(S(C)(=O)=O)c2)ccn1.I. The normalized spacial score (nSPS) is 10.9. The fourth-order valence-electron chi connectivity index (χ4n) is 1.96. The standard InChI is InChI=1S/C15H17NO2S.HI/c1-3-5-14-10-13(8-9-16-14)12-6-4-7-15(11-12)19(2,17)18;/h4,6-11H,3,5H2,1-2H3;1H. The Hall–Kier alpha value is -0.950. The minimum Gasteiger partial charge on any atom is -0.261 e. The maximum absolute atomic E-state index is 11.6. The van der Waals surface area contributed by atoms with Gasteiger partial charge in [-0.2, -0.15) is 0 Å². The van der Waals surface area contributed by atoms with Crippen LogP contribution in [0.4, 0.5) is 0 Å². The van der Waals surface area contributed by atoms with Gasteiger partial charge in [-0.3, -0.25) is 4.98 Å². The molecule has 0 saturated heterocycles. The minimum absolute atomic E-state index is 0. The third-order valence-corrected chi connectivity index (χ3v) is 4.03. The monoisotopic (exact) mass is 403 g/mol. The highest BCUT2D eigenvalue weighted by atomic mass is 127. The second-order valence-corrected chi connectivity index (χ2v) is 6.60. The Morgan fingerprint density at radius 1 is 1.10 bits per heavy atom. The van der Waals surface area contributed by atoms with Crippen molar-refractivity contribution in [1.82, 2.24) is 4.98 Å². The molecule has 108 valence electrons. The summed E-state index contributed by atoms with van der Waals surface area (Å²) in [6, 6.07) is 10.9. The zero-order valence-electron chi connectivity index (χ0n) is 11.5. The molecule has 2 rings (SSSR count). The Morgan fingerprint density at radius 3 is 2.45 bits per heavy atom. The van der Waals surface area contributed by atoms with Crippen LogP contribution >= 0.6 is 24.0 Å². The molecule has 1 heterocycles. The van der Waals surface area contributed by atoms with Gasteiger partial charge in [-0.1, -0.05) is 25.5 Å². The van der Waals surface area contributed by atoms with Gasteiger partial charge in [0.15, 0.2) is 9.84 Å². The van der Waals surface area contributed by atoms with Gasteiger partial charge in [0.2, 0.25) is 0 Å². The van der Waals surface area contributed by atoms with Gasteiger partial charge in [0, 0.05) is 18.1 Å². The van der Waals surface area contributed by atoms with Crippen LogP contribution in [0.2, 0.25) is 0 Å². The second-order valence-electron chi connectivity index (χ2n) is 4.59. The zero-order chi connectivity index (χ0) is 13.9. The molecular formula is C15H18INO2S. The lowest BCUT2D eigenvalue weighted by Gasteiger charge is -2.06. The topological polar surface area (TPSA) is 47.0 Å². The summed E-state index contributed by atoms with van der Waals surface area (Å²) < 4.78 is 23.1. The van der Waals surface area contributed by atoms with E-state index in [0.29, 0.717) is 4.90 Å². The molecule has 2 aromatic rings. The van der Waals surface area contributed by atoms with Gasteiger partial charge < -0.3 is 0 Å². The molecule has 0 unspecified atom stereocenters. The van der Waals surface area contributed by atoms with Gasteiger partial charge in [-0.25, -0.2) is 8.42 Å². The molecule has 0 bridgehead atoms. The fraction of sp³-hybridized carbons (Fsp3) is 0.267. The number of nitrogens with zero attached hydrogens (tertiary/aromatic N) is 1. The van der Waals surface area contributed by atoms with Crippen LogP contribution in [0, 0.1) is 0 Å². The van der Waals surface area contributed by atoms with Crippen molar-refractivity contribution in [2.75, 3.05) is 6.26 Å². The van der Waals surface area contributed by atoms with Crippen molar-refractivity contribution < 1.29 is 8.42 Å². The molecule has 20 heavy (non-hydrogen) atoms. The largest absolute Gasteiger partial charge is 0.261 e. The number of benzene rings is 1. The minimum atomic E-state index is -3.17. The van der Waals surface area contributed by atoms with Crippen molar-refractivity contribution in [3.63, 3.8) is 0 Å². The van der Waals surface area contributed by atoms with Crippen molar-refractivity contribution in [2.24, 2.45) is 0 Å². The summed E-state index contributed by atoms with van der Waals surface area (Å²) >= 11 is 0. The molecule has 0 saturated carbocycles. The summed E-state index contributed by atoms with van der Waals surface area (Å²) in [5.41, 5.74) is 2.94. The van der Waals surface area contributed by atoms with E-state index in [9.17, 15) is 8.42 Å². The molecular weight excluding hydrogens is 385 g/mol. The number of rotatable bonds is 4. The van der Waals surface area contributed by atoms with Crippen molar-refractivity contribution in [3.05, 3.63) is 48.3 Å².